The number of amides is 1. The molecule has 0 spiro atoms. The molecule has 134 valence electrons. The third-order valence-corrected chi connectivity index (χ3v) is 4.18. The third kappa shape index (κ3) is 4.31. The maximum absolute atomic E-state index is 14.0. The Morgan fingerprint density at radius 3 is 2.73 bits per heavy atom. The van der Waals surface area contributed by atoms with Crippen LogP contribution in [0.25, 0.3) is 0 Å². The van der Waals surface area contributed by atoms with Crippen molar-refractivity contribution in [3.8, 4) is 0 Å². The summed E-state index contributed by atoms with van der Waals surface area (Å²) < 4.78 is 14.0. The zero-order valence-corrected chi connectivity index (χ0v) is 15.0. The molecule has 2 heterocycles. The lowest BCUT2D eigenvalue weighted by molar-refractivity contribution is 0.102. The van der Waals surface area contributed by atoms with Gasteiger partial charge in [-0.25, -0.2) is 9.37 Å². The summed E-state index contributed by atoms with van der Waals surface area (Å²) in [6.07, 6.45) is 1.47. The Morgan fingerprint density at radius 2 is 2.12 bits per heavy atom. The van der Waals surface area contributed by atoms with Gasteiger partial charge in [0.05, 0.1) is 11.3 Å². The number of aromatic nitrogens is 3. The first-order chi connectivity index (χ1) is 12.5. The van der Waals surface area contributed by atoms with Crippen LogP contribution in [0.2, 0.25) is 0 Å². The number of halogens is 1. The van der Waals surface area contributed by atoms with Crippen LogP contribution in [0.3, 0.4) is 0 Å². The molecule has 2 N–H and O–H groups in total. The zero-order valence-electron chi connectivity index (χ0n) is 14.2. The normalized spacial score (nSPS) is 10.4. The summed E-state index contributed by atoms with van der Waals surface area (Å²) >= 11 is 1.24. The van der Waals surface area contributed by atoms with Gasteiger partial charge in [0.25, 0.3) is 5.91 Å². The molecule has 9 heteroatoms. The van der Waals surface area contributed by atoms with Gasteiger partial charge in [0, 0.05) is 26.8 Å². The molecule has 3 rings (SSSR count). The summed E-state index contributed by atoms with van der Waals surface area (Å²) in [7, 11) is 3.59. The molecule has 0 atom stereocenters. The molecule has 3 aromatic rings. The van der Waals surface area contributed by atoms with E-state index in [1.165, 1.54) is 29.1 Å². The zero-order chi connectivity index (χ0) is 18.5. The SMILES string of the molecule is CN(C)c1ccc(CNc2ccc(C(=O)Nc3nncs3)cn2)cc1F. The van der Waals surface area contributed by atoms with E-state index in [1.54, 1.807) is 37.2 Å². The monoisotopic (exact) mass is 372 g/mol. The quantitative estimate of drug-likeness (QED) is 0.692. The average Bonchev–Trinajstić information content (AvgIpc) is 3.13. The molecule has 0 radical (unpaired) electrons. The molecule has 0 saturated carbocycles. The minimum absolute atomic E-state index is 0.272. The van der Waals surface area contributed by atoms with Gasteiger partial charge in [0.15, 0.2) is 0 Å². The van der Waals surface area contributed by atoms with Gasteiger partial charge < -0.3 is 10.2 Å². The first-order valence-electron chi connectivity index (χ1n) is 7.76. The second-order valence-corrected chi connectivity index (χ2v) is 6.50. The van der Waals surface area contributed by atoms with Gasteiger partial charge in [-0.15, -0.1) is 10.2 Å². The van der Waals surface area contributed by atoms with Crippen LogP contribution in [0.5, 0.6) is 0 Å². The number of hydrogen-bond donors (Lipinski definition) is 2. The second kappa shape index (κ2) is 7.87. The Labute approximate surface area is 153 Å². The van der Waals surface area contributed by atoms with Crippen molar-refractivity contribution in [2.45, 2.75) is 6.54 Å². The van der Waals surface area contributed by atoms with E-state index in [4.69, 9.17) is 0 Å². The molecule has 0 bridgehead atoms. The number of benzene rings is 1. The van der Waals surface area contributed by atoms with Crippen molar-refractivity contribution in [2.24, 2.45) is 0 Å². The van der Waals surface area contributed by atoms with E-state index in [0.29, 0.717) is 28.7 Å². The number of hydrogen-bond acceptors (Lipinski definition) is 7. The third-order valence-electron chi connectivity index (χ3n) is 3.57. The van der Waals surface area contributed by atoms with E-state index < -0.39 is 0 Å². The Balaban J connectivity index is 1.59. The molecule has 26 heavy (non-hydrogen) atoms. The van der Waals surface area contributed by atoms with Crippen LogP contribution < -0.4 is 15.5 Å². The van der Waals surface area contributed by atoms with E-state index in [2.05, 4.69) is 25.8 Å². The maximum Gasteiger partial charge on any atom is 0.259 e. The van der Waals surface area contributed by atoms with Crippen molar-refractivity contribution >= 4 is 33.9 Å². The van der Waals surface area contributed by atoms with Crippen molar-refractivity contribution in [1.29, 1.82) is 0 Å². The predicted octanol–water partition coefficient (Wildman–Crippen LogP) is 3.00. The minimum Gasteiger partial charge on any atom is -0.375 e. The minimum atomic E-state index is -0.304. The van der Waals surface area contributed by atoms with Gasteiger partial charge in [-0.2, -0.15) is 0 Å². The molecule has 0 saturated heterocycles. The fourth-order valence-electron chi connectivity index (χ4n) is 2.25. The number of carbonyl (C=O) groups is 1. The lowest BCUT2D eigenvalue weighted by Crippen LogP contribution is -2.12. The van der Waals surface area contributed by atoms with Crippen LogP contribution in [0.15, 0.2) is 42.0 Å². The predicted molar refractivity (Wildman–Crippen MR) is 100 cm³/mol. The van der Waals surface area contributed by atoms with Crippen molar-refractivity contribution in [3.05, 3.63) is 59.0 Å². The molecule has 0 fully saturated rings. The highest BCUT2D eigenvalue weighted by atomic mass is 32.1. The molecule has 1 amide bonds. The van der Waals surface area contributed by atoms with Crippen LogP contribution in [0.4, 0.5) is 21.0 Å². The lowest BCUT2D eigenvalue weighted by Gasteiger charge is -2.14. The summed E-state index contributed by atoms with van der Waals surface area (Å²) in [6.45, 7) is 0.425. The molecule has 0 unspecified atom stereocenters. The summed E-state index contributed by atoms with van der Waals surface area (Å²) in [4.78, 5) is 18.0. The first kappa shape index (κ1) is 17.7. The summed E-state index contributed by atoms with van der Waals surface area (Å²) in [5.74, 6) is 0.0164. The molecule has 2 aromatic heterocycles. The largest absolute Gasteiger partial charge is 0.375 e. The topological polar surface area (TPSA) is 83.0 Å². The van der Waals surface area contributed by atoms with Crippen molar-refractivity contribution in [2.75, 3.05) is 29.6 Å². The van der Waals surface area contributed by atoms with E-state index in [9.17, 15) is 9.18 Å². The van der Waals surface area contributed by atoms with Crippen LogP contribution in [0, 0.1) is 5.82 Å². The van der Waals surface area contributed by atoms with Crippen LogP contribution in [-0.4, -0.2) is 35.2 Å². The number of nitrogens with zero attached hydrogens (tertiary/aromatic N) is 4. The van der Waals surface area contributed by atoms with Crippen LogP contribution in [0.1, 0.15) is 15.9 Å². The highest BCUT2D eigenvalue weighted by Crippen LogP contribution is 2.19. The van der Waals surface area contributed by atoms with Crippen molar-refractivity contribution in [3.63, 3.8) is 0 Å². The second-order valence-electron chi connectivity index (χ2n) is 5.66. The first-order valence-corrected chi connectivity index (χ1v) is 8.64. The molecule has 0 aliphatic rings. The number of rotatable bonds is 6. The van der Waals surface area contributed by atoms with Crippen LogP contribution in [-0.2, 0) is 6.54 Å². The number of pyridine rings is 1. The Kier molecular flexibility index (Phi) is 5.37. The fourth-order valence-corrected chi connectivity index (χ4v) is 2.69. The van der Waals surface area contributed by atoms with Gasteiger partial charge in [-0.05, 0) is 29.8 Å². The van der Waals surface area contributed by atoms with E-state index >= 15 is 0 Å². The number of nitrogens with one attached hydrogen (secondary N) is 2. The summed E-state index contributed by atoms with van der Waals surface area (Å²) in [5.41, 5.74) is 3.28. The molecule has 0 aliphatic carbocycles. The van der Waals surface area contributed by atoms with E-state index in [-0.39, 0.29) is 11.7 Å². The van der Waals surface area contributed by atoms with E-state index in [1.807, 2.05) is 6.07 Å². The average molecular weight is 372 g/mol. The van der Waals surface area contributed by atoms with Gasteiger partial charge >= 0.3 is 0 Å². The van der Waals surface area contributed by atoms with Gasteiger partial charge in [0.2, 0.25) is 5.13 Å². The van der Waals surface area contributed by atoms with E-state index in [0.717, 1.165) is 5.56 Å². The Morgan fingerprint density at radius 1 is 1.27 bits per heavy atom. The summed E-state index contributed by atoms with van der Waals surface area (Å²) in [5, 5.41) is 13.6. The molecule has 1 aromatic carbocycles. The fraction of sp³-hybridized carbons (Fsp3) is 0.176. The Bertz CT molecular complexity index is 883. The van der Waals surface area contributed by atoms with Crippen LogP contribution >= 0.6 is 11.3 Å². The molecule has 0 aliphatic heterocycles. The highest BCUT2D eigenvalue weighted by Gasteiger charge is 2.09. The maximum atomic E-state index is 14.0. The van der Waals surface area contributed by atoms with Crippen molar-refractivity contribution < 1.29 is 9.18 Å². The number of anilines is 3. The number of carbonyl (C=O) groups excluding carboxylic acids is 1. The standard InChI is InChI=1S/C17H17FN6OS/c1-24(2)14-5-3-11(7-13(14)18)8-19-15-6-4-12(9-20-15)16(25)22-17-23-21-10-26-17/h3-7,9-10H,8H2,1-2H3,(H,19,20)(H,22,23,25). The molecule has 7 nitrogen and oxygen atoms in total. The van der Waals surface area contributed by atoms with Gasteiger partial charge in [-0.3, -0.25) is 10.1 Å². The van der Waals surface area contributed by atoms with Crippen molar-refractivity contribution in [1.82, 2.24) is 15.2 Å². The summed E-state index contributed by atoms with van der Waals surface area (Å²) in [6, 6.07) is 8.43. The van der Waals surface area contributed by atoms with Gasteiger partial charge in [-0.1, -0.05) is 17.4 Å². The lowest BCUT2D eigenvalue weighted by atomic mass is 10.2. The molecular weight excluding hydrogens is 355 g/mol. The molecular formula is C17H17FN6OS. The Hall–Kier alpha value is -3.07. The smallest absolute Gasteiger partial charge is 0.259 e. The highest BCUT2D eigenvalue weighted by molar-refractivity contribution is 7.13. The van der Waals surface area contributed by atoms with Gasteiger partial charge in [0.1, 0.15) is 17.1 Å².